The first-order chi connectivity index (χ1) is 9.22. The summed E-state index contributed by atoms with van der Waals surface area (Å²) in [4.78, 5) is 4.06. The van der Waals surface area contributed by atoms with E-state index < -0.39 is 0 Å². The third kappa shape index (κ3) is 3.64. The van der Waals surface area contributed by atoms with Gasteiger partial charge in [-0.2, -0.15) is 5.10 Å². The lowest BCUT2D eigenvalue weighted by atomic mass is 10.0. The topological polar surface area (TPSA) is 42.7 Å². The molecule has 0 bridgehead atoms. The van der Waals surface area contributed by atoms with Crippen molar-refractivity contribution in [1.29, 1.82) is 0 Å². The van der Waals surface area contributed by atoms with Crippen molar-refractivity contribution in [2.45, 2.75) is 32.2 Å². The molecule has 0 aromatic carbocycles. The molecule has 2 aromatic rings. The fraction of sp³-hybridized carbons (Fsp3) is 0.467. The Bertz CT molecular complexity index is 504. The third-order valence-corrected chi connectivity index (χ3v) is 3.48. The normalized spacial score (nSPS) is 12.6. The second-order valence-electron chi connectivity index (χ2n) is 4.85. The molecule has 1 N–H and O–H groups in total. The molecule has 102 valence electrons. The number of nitrogens with one attached hydrogen (secondary N) is 1. The number of rotatable bonds is 6. The van der Waals surface area contributed by atoms with Crippen molar-refractivity contribution in [1.82, 2.24) is 20.1 Å². The number of likely N-dealkylation sites (N-methyl/N-ethyl adjacent to an activating group) is 1. The number of nitrogens with zero attached hydrogens (tertiary/aromatic N) is 3. The van der Waals surface area contributed by atoms with Crippen molar-refractivity contribution in [3.63, 3.8) is 0 Å². The zero-order valence-corrected chi connectivity index (χ0v) is 11.9. The van der Waals surface area contributed by atoms with Crippen molar-refractivity contribution in [2.75, 3.05) is 7.05 Å². The number of hydrogen-bond donors (Lipinski definition) is 1. The summed E-state index contributed by atoms with van der Waals surface area (Å²) in [6, 6.07) is 6.77. The predicted molar refractivity (Wildman–Crippen MR) is 77.1 cm³/mol. The number of hydrogen-bond acceptors (Lipinski definition) is 3. The van der Waals surface area contributed by atoms with Gasteiger partial charge in [-0.3, -0.25) is 9.67 Å². The molecule has 2 aromatic heterocycles. The fourth-order valence-electron chi connectivity index (χ4n) is 2.27. The lowest BCUT2D eigenvalue weighted by molar-refractivity contribution is 0.533. The Morgan fingerprint density at radius 1 is 1.26 bits per heavy atom. The molecule has 2 heterocycles. The molecule has 0 spiro atoms. The Morgan fingerprint density at radius 3 is 2.58 bits per heavy atom. The fourth-order valence-corrected chi connectivity index (χ4v) is 2.27. The van der Waals surface area contributed by atoms with E-state index in [2.05, 4.69) is 40.5 Å². The van der Waals surface area contributed by atoms with E-state index in [0.717, 1.165) is 25.0 Å². The van der Waals surface area contributed by atoms with E-state index >= 15 is 0 Å². The average Bonchev–Trinajstić information content (AvgIpc) is 2.80. The van der Waals surface area contributed by atoms with Gasteiger partial charge in [-0.15, -0.1) is 0 Å². The molecular weight excluding hydrogens is 236 g/mol. The quantitative estimate of drug-likeness (QED) is 0.858. The molecule has 4 heteroatoms. The molecule has 0 saturated heterocycles. The molecule has 0 saturated carbocycles. The zero-order valence-electron chi connectivity index (χ0n) is 11.9. The summed E-state index contributed by atoms with van der Waals surface area (Å²) in [6.07, 6.45) is 6.68. The SMILES string of the molecule is CCc1cc(CC(Cc2ccncc2)NC)n(C)n1. The second kappa shape index (κ2) is 6.48. The Hall–Kier alpha value is -1.68. The van der Waals surface area contributed by atoms with Crippen molar-refractivity contribution in [3.05, 3.63) is 47.5 Å². The van der Waals surface area contributed by atoms with Crippen molar-refractivity contribution in [2.24, 2.45) is 7.05 Å². The van der Waals surface area contributed by atoms with Crippen molar-refractivity contribution >= 4 is 0 Å². The molecular formula is C15H22N4. The summed E-state index contributed by atoms with van der Waals surface area (Å²) in [5.74, 6) is 0. The smallest absolute Gasteiger partial charge is 0.0624 e. The summed E-state index contributed by atoms with van der Waals surface area (Å²) >= 11 is 0. The summed E-state index contributed by atoms with van der Waals surface area (Å²) in [6.45, 7) is 2.14. The van der Waals surface area contributed by atoms with Gasteiger partial charge >= 0.3 is 0 Å². The molecule has 0 amide bonds. The Balaban J connectivity index is 2.04. The van der Waals surface area contributed by atoms with Crippen LogP contribution in [-0.4, -0.2) is 27.9 Å². The van der Waals surface area contributed by atoms with Gasteiger partial charge in [-0.25, -0.2) is 0 Å². The summed E-state index contributed by atoms with van der Waals surface area (Å²) in [7, 11) is 4.04. The van der Waals surface area contributed by atoms with Gasteiger partial charge in [0.1, 0.15) is 0 Å². The van der Waals surface area contributed by atoms with Gasteiger partial charge in [0.15, 0.2) is 0 Å². The van der Waals surface area contributed by atoms with Crippen molar-refractivity contribution < 1.29 is 0 Å². The minimum absolute atomic E-state index is 0.419. The molecule has 2 rings (SSSR count). The van der Waals surface area contributed by atoms with Crippen LogP contribution < -0.4 is 5.32 Å². The van der Waals surface area contributed by atoms with Crippen LogP contribution in [0.3, 0.4) is 0 Å². The Labute approximate surface area is 114 Å². The van der Waals surface area contributed by atoms with Gasteiger partial charge in [0.25, 0.3) is 0 Å². The predicted octanol–water partition coefficient (Wildman–Crippen LogP) is 1.75. The van der Waals surface area contributed by atoms with E-state index in [0.29, 0.717) is 6.04 Å². The van der Waals surface area contributed by atoms with Crippen LogP contribution in [0.2, 0.25) is 0 Å². The number of pyridine rings is 1. The van der Waals surface area contributed by atoms with Gasteiger partial charge in [-0.1, -0.05) is 6.92 Å². The lowest BCUT2D eigenvalue weighted by Gasteiger charge is -2.16. The molecule has 0 fully saturated rings. The van der Waals surface area contributed by atoms with Gasteiger partial charge < -0.3 is 5.32 Å². The third-order valence-electron chi connectivity index (χ3n) is 3.48. The minimum atomic E-state index is 0.419. The van der Waals surface area contributed by atoms with E-state index in [-0.39, 0.29) is 0 Å². The highest BCUT2D eigenvalue weighted by molar-refractivity contribution is 5.15. The van der Waals surface area contributed by atoms with Crippen molar-refractivity contribution in [3.8, 4) is 0 Å². The largest absolute Gasteiger partial charge is 0.316 e. The van der Waals surface area contributed by atoms with Crippen LogP contribution in [0.15, 0.2) is 30.6 Å². The summed E-state index contributed by atoms with van der Waals surface area (Å²) in [5, 5.41) is 7.89. The van der Waals surface area contributed by atoms with E-state index in [1.165, 1.54) is 11.3 Å². The molecule has 1 unspecified atom stereocenters. The van der Waals surface area contributed by atoms with Gasteiger partial charge in [0.2, 0.25) is 0 Å². The van der Waals surface area contributed by atoms with Crippen LogP contribution in [-0.2, 0) is 26.3 Å². The van der Waals surface area contributed by atoms with Crippen LogP contribution in [0.4, 0.5) is 0 Å². The Morgan fingerprint density at radius 2 is 2.00 bits per heavy atom. The maximum absolute atomic E-state index is 4.50. The summed E-state index contributed by atoms with van der Waals surface area (Å²) in [5.41, 5.74) is 3.76. The molecule has 0 aliphatic heterocycles. The standard InChI is InChI=1S/C15H22N4/c1-4-13-10-15(19(3)18-13)11-14(16-2)9-12-5-7-17-8-6-12/h5-8,10,14,16H,4,9,11H2,1-3H3. The van der Waals surface area contributed by atoms with E-state index in [9.17, 15) is 0 Å². The first-order valence-corrected chi connectivity index (χ1v) is 6.81. The monoisotopic (exact) mass is 258 g/mol. The van der Waals surface area contributed by atoms with E-state index in [1.54, 1.807) is 0 Å². The van der Waals surface area contributed by atoms with Gasteiger partial charge in [0, 0.05) is 37.6 Å². The lowest BCUT2D eigenvalue weighted by Crippen LogP contribution is -2.30. The first-order valence-electron chi connectivity index (χ1n) is 6.81. The highest BCUT2D eigenvalue weighted by Crippen LogP contribution is 2.10. The highest BCUT2D eigenvalue weighted by Gasteiger charge is 2.12. The maximum atomic E-state index is 4.50. The van der Waals surface area contributed by atoms with E-state index in [4.69, 9.17) is 0 Å². The number of aryl methyl sites for hydroxylation is 2. The van der Waals surface area contributed by atoms with E-state index in [1.807, 2.05) is 31.2 Å². The van der Waals surface area contributed by atoms with Crippen LogP contribution in [0.5, 0.6) is 0 Å². The molecule has 0 radical (unpaired) electrons. The maximum Gasteiger partial charge on any atom is 0.0624 e. The van der Waals surface area contributed by atoms with Gasteiger partial charge in [-0.05, 0) is 43.7 Å². The average molecular weight is 258 g/mol. The molecule has 19 heavy (non-hydrogen) atoms. The zero-order chi connectivity index (χ0) is 13.7. The first kappa shape index (κ1) is 13.7. The molecule has 1 atom stereocenters. The Kier molecular flexibility index (Phi) is 4.68. The summed E-state index contributed by atoms with van der Waals surface area (Å²) < 4.78 is 2.00. The second-order valence-corrected chi connectivity index (χ2v) is 4.85. The van der Waals surface area contributed by atoms with Crippen LogP contribution >= 0.6 is 0 Å². The minimum Gasteiger partial charge on any atom is -0.316 e. The van der Waals surface area contributed by atoms with Crippen LogP contribution in [0.25, 0.3) is 0 Å². The molecule has 0 aliphatic carbocycles. The van der Waals surface area contributed by atoms with Crippen LogP contribution in [0.1, 0.15) is 23.9 Å². The molecule has 4 nitrogen and oxygen atoms in total. The van der Waals surface area contributed by atoms with Crippen LogP contribution in [0, 0.1) is 0 Å². The highest BCUT2D eigenvalue weighted by atomic mass is 15.3. The molecule has 0 aliphatic rings. The number of aromatic nitrogens is 3. The van der Waals surface area contributed by atoms with Gasteiger partial charge in [0.05, 0.1) is 5.69 Å².